The van der Waals surface area contributed by atoms with Crippen molar-refractivity contribution in [2.45, 2.75) is 45.6 Å². The number of ether oxygens (including phenoxy) is 2. The minimum Gasteiger partial charge on any atom is -0.419 e. The fourth-order valence-electron chi connectivity index (χ4n) is 2.21. The van der Waals surface area contributed by atoms with E-state index < -0.39 is 35.0 Å². The monoisotopic (exact) mass is 357 g/mol. The van der Waals surface area contributed by atoms with E-state index in [1.807, 2.05) is 0 Å². The molecule has 0 aliphatic carbocycles. The molecule has 0 bridgehead atoms. The third-order valence-electron chi connectivity index (χ3n) is 3.50. The van der Waals surface area contributed by atoms with Gasteiger partial charge in [0.25, 0.3) is 5.79 Å². The minimum absolute atomic E-state index is 0.0842. The van der Waals surface area contributed by atoms with Crippen molar-refractivity contribution < 1.29 is 32.2 Å². The maximum absolute atomic E-state index is 13.3. The SMILES string of the molecule is CC(C)c1ccc(NC=C2C(=O)OC(C)(C)OC2=O)c(C(F)(F)F)c1. The zero-order chi connectivity index (χ0) is 19.0. The van der Waals surface area contributed by atoms with Gasteiger partial charge in [0.05, 0.1) is 11.3 Å². The first-order chi connectivity index (χ1) is 11.4. The molecule has 5 nitrogen and oxygen atoms in total. The van der Waals surface area contributed by atoms with Crippen molar-refractivity contribution in [1.29, 1.82) is 0 Å². The molecule has 136 valence electrons. The second kappa shape index (κ2) is 6.42. The predicted octanol–water partition coefficient (Wildman–Crippen LogP) is 3.96. The average molecular weight is 357 g/mol. The van der Waals surface area contributed by atoms with Gasteiger partial charge in [-0.1, -0.05) is 19.9 Å². The Morgan fingerprint density at radius 3 is 2.16 bits per heavy atom. The number of hydrogen-bond donors (Lipinski definition) is 1. The zero-order valence-electron chi connectivity index (χ0n) is 14.2. The number of esters is 2. The molecule has 1 saturated heterocycles. The lowest BCUT2D eigenvalue weighted by Crippen LogP contribution is -2.42. The molecule has 0 radical (unpaired) electrons. The van der Waals surface area contributed by atoms with E-state index >= 15 is 0 Å². The fourth-order valence-corrected chi connectivity index (χ4v) is 2.21. The minimum atomic E-state index is -4.60. The lowest BCUT2D eigenvalue weighted by molar-refractivity contribution is -0.222. The molecule has 1 aliphatic rings. The predicted molar refractivity (Wildman–Crippen MR) is 83.5 cm³/mol. The molecule has 0 atom stereocenters. The lowest BCUT2D eigenvalue weighted by Gasteiger charge is -2.29. The maximum atomic E-state index is 13.3. The Labute approximate surface area is 142 Å². The van der Waals surface area contributed by atoms with Gasteiger partial charge < -0.3 is 14.8 Å². The Hall–Kier alpha value is -2.51. The van der Waals surface area contributed by atoms with Crippen molar-refractivity contribution in [2.75, 3.05) is 5.32 Å². The van der Waals surface area contributed by atoms with E-state index in [1.165, 1.54) is 19.9 Å². The summed E-state index contributed by atoms with van der Waals surface area (Å²) >= 11 is 0. The molecule has 0 unspecified atom stereocenters. The van der Waals surface area contributed by atoms with Crippen molar-refractivity contribution in [3.05, 3.63) is 41.1 Å². The van der Waals surface area contributed by atoms with Crippen LogP contribution in [0.4, 0.5) is 18.9 Å². The van der Waals surface area contributed by atoms with Gasteiger partial charge in [-0.25, -0.2) is 9.59 Å². The summed E-state index contributed by atoms with van der Waals surface area (Å²) in [6.45, 7) is 6.31. The highest BCUT2D eigenvalue weighted by atomic mass is 19.4. The lowest BCUT2D eigenvalue weighted by atomic mass is 9.99. The van der Waals surface area contributed by atoms with Gasteiger partial charge >= 0.3 is 18.1 Å². The Balaban J connectivity index is 2.34. The number of anilines is 1. The summed E-state index contributed by atoms with van der Waals surface area (Å²) in [5.41, 5.74) is -1.17. The molecule has 1 aliphatic heterocycles. The smallest absolute Gasteiger partial charge is 0.418 e. The molecule has 1 fully saturated rings. The Bertz CT molecular complexity index is 714. The molecule has 0 amide bonds. The van der Waals surface area contributed by atoms with Crippen molar-refractivity contribution in [3.63, 3.8) is 0 Å². The summed E-state index contributed by atoms with van der Waals surface area (Å²) < 4.78 is 49.6. The van der Waals surface area contributed by atoms with E-state index in [9.17, 15) is 22.8 Å². The first-order valence-electron chi connectivity index (χ1n) is 7.55. The number of carbonyl (C=O) groups is 2. The Morgan fingerprint density at radius 2 is 1.68 bits per heavy atom. The number of hydrogen-bond acceptors (Lipinski definition) is 5. The van der Waals surface area contributed by atoms with E-state index in [4.69, 9.17) is 9.47 Å². The summed E-state index contributed by atoms with van der Waals surface area (Å²) in [6.07, 6.45) is -3.74. The fraction of sp³-hybridized carbons (Fsp3) is 0.412. The summed E-state index contributed by atoms with van der Waals surface area (Å²) in [5, 5.41) is 2.36. The van der Waals surface area contributed by atoms with Crippen LogP contribution >= 0.6 is 0 Å². The van der Waals surface area contributed by atoms with Crippen molar-refractivity contribution in [1.82, 2.24) is 0 Å². The third-order valence-corrected chi connectivity index (χ3v) is 3.50. The summed E-state index contributed by atoms with van der Waals surface area (Å²) in [4.78, 5) is 23.6. The van der Waals surface area contributed by atoms with Gasteiger partial charge in [0.15, 0.2) is 5.57 Å². The summed E-state index contributed by atoms with van der Waals surface area (Å²) in [6, 6.07) is 3.83. The number of benzene rings is 1. The summed E-state index contributed by atoms with van der Waals surface area (Å²) in [7, 11) is 0. The van der Waals surface area contributed by atoms with Crippen LogP contribution in [0.15, 0.2) is 30.0 Å². The first-order valence-corrected chi connectivity index (χ1v) is 7.55. The largest absolute Gasteiger partial charge is 0.419 e. The highest BCUT2D eigenvalue weighted by molar-refractivity contribution is 6.15. The molecular formula is C17H18F3NO4. The molecule has 0 aromatic heterocycles. The Morgan fingerprint density at radius 1 is 1.12 bits per heavy atom. The van der Waals surface area contributed by atoms with Crippen molar-refractivity contribution in [2.24, 2.45) is 0 Å². The van der Waals surface area contributed by atoms with Gasteiger partial charge in [-0.2, -0.15) is 13.2 Å². The quantitative estimate of drug-likeness (QED) is 0.504. The van der Waals surface area contributed by atoms with Crippen molar-refractivity contribution >= 4 is 17.6 Å². The van der Waals surface area contributed by atoms with Gasteiger partial charge in [-0.15, -0.1) is 0 Å². The first kappa shape index (κ1) is 18.8. The van der Waals surface area contributed by atoms with E-state index in [0.717, 1.165) is 12.3 Å². The second-order valence-corrected chi connectivity index (χ2v) is 6.34. The van der Waals surface area contributed by atoms with E-state index in [2.05, 4.69) is 5.32 Å². The number of alkyl halides is 3. The molecule has 1 heterocycles. The van der Waals surface area contributed by atoms with Gasteiger partial charge in [-0.05, 0) is 23.6 Å². The van der Waals surface area contributed by atoms with Crippen LogP contribution in [0.2, 0.25) is 0 Å². The van der Waals surface area contributed by atoms with Gasteiger partial charge in [0.2, 0.25) is 0 Å². The van der Waals surface area contributed by atoms with Crippen LogP contribution in [0.5, 0.6) is 0 Å². The van der Waals surface area contributed by atoms with Crippen LogP contribution < -0.4 is 5.32 Å². The van der Waals surface area contributed by atoms with Crippen LogP contribution in [0.1, 0.15) is 44.7 Å². The van der Waals surface area contributed by atoms with Crippen LogP contribution in [-0.4, -0.2) is 17.7 Å². The topological polar surface area (TPSA) is 64.6 Å². The maximum Gasteiger partial charge on any atom is 0.418 e. The molecule has 0 spiro atoms. The molecule has 1 N–H and O–H groups in total. The van der Waals surface area contributed by atoms with Crippen LogP contribution in [-0.2, 0) is 25.2 Å². The molecule has 25 heavy (non-hydrogen) atoms. The zero-order valence-corrected chi connectivity index (χ0v) is 14.2. The van der Waals surface area contributed by atoms with Crippen molar-refractivity contribution in [3.8, 4) is 0 Å². The number of carbonyl (C=O) groups excluding carboxylic acids is 2. The Kier molecular flexibility index (Phi) is 4.83. The van der Waals surface area contributed by atoms with Gasteiger partial charge in [-0.3, -0.25) is 0 Å². The molecule has 0 saturated carbocycles. The van der Waals surface area contributed by atoms with Gasteiger partial charge in [0.1, 0.15) is 0 Å². The highest BCUT2D eigenvalue weighted by Crippen LogP contribution is 2.37. The number of nitrogens with one attached hydrogen (secondary N) is 1. The van der Waals surface area contributed by atoms with E-state index in [1.54, 1.807) is 19.9 Å². The standard InChI is InChI=1S/C17H18F3NO4/c1-9(2)10-5-6-13(12(7-10)17(18,19)20)21-8-11-14(22)24-16(3,4)25-15(11)23/h5-9,21H,1-4H3. The van der Waals surface area contributed by atoms with Crippen LogP contribution in [0.3, 0.4) is 0 Å². The van der Waals surface area contributed by atoms with Crippen LogP contribution in [0.25, 0.3) is 0 Å². The van der Waals surface area contributed by atoms with E-state index in [-0.39, 0.29) is 11.6 Å². The van der Waals surface area contributed by atoms with E-state index in [0.29, 0.717) is 5.56 Å². The summed E-state index contributed by atoms with van der Waals surface area (Å²) in [5.74, 6) is -3.44. The molecule has 1 aromatic rings. The number of cyclic esters (lactones) is 2. The highest BCUT2D eigenvalue weighted by Gasteiger charge is 2.39. The molecule has 1 aromatic carbocycles. The molecule has 8 heteroatoms. The molecule has 2 rings (SSSR count). The number of rotatable bonds is 3. The molecular weight excluding hydrogens is 339 g/mol. The average Bonchev–Trinajstić information content (AvgIpc) is 2.43. The van der Waals surface area contributed by atoms with Crippen LogP contribution in [0, 0.1) is 0 Å². The second-order valence-electron chi connectivity index (χ2n) is 6.34. The van der Waals surface area contributed by atoms with Gasteiger partial charge in [0, 0.05) is 20.0 Å². The normalized spacial score (nSPS) is 17.2. The third kappa shape index (κ3) is 4.32. The number of halogens is 3.